The molecule has 6 nitrogen and oxygen atoms in total. The fourth-order valence-corrected chi connectivity index (χ4v) is 2.40. The number of aromatic nitrogens is 1. The fourth-order valence-electron chi connectivity index (χ4n) is 2.40. The van der Waals surface area contributed by atoms with Gasteiger partial charge in [-0.25, -0.2) is 0 Å². The smallest absolute Gasteiger partial charge is 0.258 e. The zero-order valence-electron chi connectivity index (χ0n) is 15.5. The molecule has 1 heterocycles. The summed E-state index contributed by atoms with van der Waals surface area (Å²) in [5, 5.41) is 3.73. The number of carbonyl (C=O) groups excluding carboxylic acids is 1. The molecule has 0 aliphatic carbocycles. The Bertz CT molecular complexity index is 1010. The van der Waals surface area contributed by atoms with E-state index in [1.165, 1.54) is 0 Å². The van der Waals surface area contributed by atoms with Crippen molar-refractivity contribution in [1.29, 1.82) is 0 Å². The van der Waals surface area contributed by atoms with E-state index in [0.717, 1.165) is 10.9 Å². The zero-order valence-corrected chi connectivity index (χ0v) is 15.5. The van der Waals surface area contributed by atoms with E-state index in [4.69, 9.17) is 14.2 Å². The number of benzene rings is 2. The van der Waals surface area contributed by atoms with Gasteiger partial charge in [0.2, 0.25) is 0 Å². The molecule has 3 rings (SSSR count). The van der Waals surface area contributed by atoms with Crippen LogP contribution >= 0.6 is 0 Å². The lowest BCUT2D eigenvalue weighted by Gasteiger charge is -2.07. The van der Waals surface area contributed by atoms with Crippen LogP contribution in [0.1, 0.15) is 0 Å². The van der Waals surface area contributed by atoms with Crippen molar-refractivity contribution in [1.82, 2.24) is 10.3 Å². The number of nitrogens with zero attached hydrogens (tertiary/aromatic N) is 1. The maximum atomic E-state index is 11.8. The highest BCUT2D eigenvalue weighted by Crippen LogP contribution is 2.19. The summed E-state index contributed by atoms with van der Waals surface area (Å²) in [5.41, 5.74) is 0.872. The fraction of sp³-hybridized carbons (Fsp3) is 0.182. The number of fused-ring (bicyclic) bond motifs is 1. The average Bonchev–Trinajstić information content (AvgIpc) is 2.74. The Morgan fingerprint density at radius 3 is 2.75 bits per heavy atom. The summed E-state index contributed by atoms with van der Waals surface area (Å²) < 4.78 is 16.1. The Labute approximate surface area is 163 Å². The third-order valence-electron chi connectivity index (χ3n) is 3.80. The zero-order chi connectivity index (χ0) is 19.6. The monoisotopic (exact) mass is 376 g/mol. The van der Waals surface area contributed by atoms with Crippen molar-refractivity contribution >= 4 is 16.8 Å². The maximum Gasteiger partial charge on any atom is 0.258 e. The highest BCUT2D eigenvalue weighted by molar-refractivity contribution is 5.79. The lowest BCUT2D eigenvalue weighted by molar-refractivity contribution is -0.122. The molecule has 1 aromatic heterocycles. The minimum atomic E-state index is -0.251. The molecule has 0 spiro atoms. The number of nitrogens with one attached hydrogen (secondary N) is 1. The molecule has 28 heavy (non-hydrogen) atoms. The highest BCUT2D eigenvalue weighted by atomic mass is 16.5. The van der Waals surface area contributed by atoms with Gasteiger partial charge in [0, 0.05) is 23.7 Å². The molecule has 0 fully saturated rings. The van der Waals surface area contributed by atoms with Crippen LogP contribution in [0.4, 0.5) is 0 Å². The van der Waals surface area contributed by atoms with Crippen LogP contribution in [0.15, 0.2) is 60.8 Å². The van der Waals surface area contributed by atoms with E-state index in [9.17, 15) is 4.79 Å². The van der Waals surface area contributed by atoms with Crippen LogP contribution in [0.25, 0.3) is 10.9 Å². The molecular formula is C22H20N2O4. The van der Waals surface area contributed by atoms with E-state index >= 15 is 0 Å². The summed E-state index contributed by atoms with van der Waals surface area (Å²) in [6, 6.07) is 16.7. The molecule has 6 heteroatoms. The molecule has 0 aliphatic rings. The standard InChI is InChI=1S/C22H20N2O4/c1-26-18-7-4-8-19(14-18)28-16-22(25)24-11-2-3-13-27-20-10-9-17-6-5-12-23-21(17)15-20/h4-10,12,14-15H,11,13,16H2,1H3,(H,24,25). The first-order valence-electron chi connectivity index (χ1n) is 8.71. The summed E-state index contributed by atoms with van der Waals surface area (Å²) >= 11 is 0. The number of methoxy groups -OCH3 is 1. The maximum absolute atomic E-state index is 11.8. The van der Waals surface area contributed by atoms with Gasteiger partial charge in [0.25, 0.3) is 5.91 Å². The molecule has 0 saturated carbocycles. The van der Waals surface area contributed by atoms with Crippen molar-refractivity contribution in [2.45, 2.75) is 0 Å². The van der Waals surface area contributed by atoms with Crippen LogP contribution in [0, 0.1) is 11.8 Å². The van der Waals surface area contributed by atoms with E-state index in [-0.39, 0.29) is 25.7 Å². The first-order chi connectivity index (χ1) is 13.7. The summed E-state index contributed by atoms with van der Waals surface area (Å²) in [7, 11) is 1.57. The molecule has 2 aromatic carbocycles. The predicted molar refractivity (Wildman–Crippen MR) is 107 cm³/mol. The molecule has 0 unspecified atom stereocenters. The number of amides is 1. The highest BCUT2D eigenvalue weighted by Gasteiger charge is 2.02. The van der Waals surface area contributed by atoms with Crippen LogP contribution in [0.2, 0.25) is 0 Å². The van der Waals surface area contributed by atoms with Crippen LogP contribution in [-0.2, 0) is 4.79 Å². The Balaban J connectivity index is 1.36. The molecule has 0 atom stereocenters. The number of hydrogen-bond donors (Lipinski definition) is 1. The molecule has 0 saturated heterocycles. The molecular weight excluding hydrogens is 356 g/mol. The molecule has 1 N–H and O–H groups in total. The number of carbonyl (C=O) groups is 1. The molecule has 0 bridgehead atoms. The first kappa shape index (κ1) is 19.1. The van der Waals surface area contributed by atoms with E-state index in [1.54, 1.807) is 37.6 Å². The Kier molecular flexibility index (Phi) is 6.69. The van der Waals surface area contributed by atoms with Gasteiger partial charge in [0.1, 0.15) is 23.9 Å². The van der Waals surface area contributed by atoms with Gasteiger partial charge in [-0.3, -0.25) is 9.78 Å². The quantitative estimate of drug-likeness (QED) is 0.642. The second-order valence-corrected chi connectivity index (χ2v) is 5.74. The van der Waals surface area contributed by atoms with E-state index in [2.05, 4.69) is 22.1 Å². The van der Waals surface area contributed by atoms with Crippen LogP contribution in [0.5, 0.6) is 17.2 Å². The SMILES string of the molecule is COc1cccc(OCC(=O)NCC#CCOc2ccc3cccnc3c2)c1. The normalized spacial score (nSPS) is 9.89. The molecule has 0 aliphatic heterocycles. The molecule has 142 valence electrons. The van der Waals surface area contributed by atoms with Crippen molar-refractivity contribution in [3.05, 3.63) is 60.8 Å². The Morgan fingerprint density at radius 2 is 1.86 bits per heavy atom. The molecule has 0 radical (unpaired) electrons. The van der Waals surface area contributed by atoms with Gasteiger partial charge in [0.05, 0.1) is 19.2 Å². The van der Waals surface area contributed by atoms with Gasteiger partial charge < -0.3 is 19.5 Å². The second kappa shape index (κ2) is 9.83. The lowest BCUT2D eigenvalue weighted by Crippen LogP contribution is -2.29. The summed E-state index contributed by atoms with van der Waals surface area (Å²) in [4.78, 5) is 16.1. The van der Waals surface area contributed by atoms with E-state index in [1.807, 2.05) is 30.3 Å². The van der Waals surface area contributed by atoms with E-state index in [0.29, 0.717) is 17.2 Å². The van der Waals surface area contributed by atoms with Crippen LogP contribution < -0.4 is 19.5 Å². The van der Waals surface area contributed by atoms with E-state index < -0.39 is 0 Å². The average molecular weight is 376 g/mol. The van der Waals surface area contributed by atoms with Gasteiger partial charge in [-0.2, -0.15) is 0 Å². The minimum absolute atomic E-state index is 0.0879. The number of rotatable bonds is 7. The lowest BCUT2D eigenvalue weighted by atomic mass is 10.2. The van der Waals surface area contributed by atoms with Gasteiger partial charge in [0.15, 0.2) is 6.61 Å². The Morgan fingerprint density at radius 1 is 1.00 bits per heavy atom. The largest absolute Gasteiger partial charge is 0.497 e. The first-order valence-corrected chi connectivity index (χ1v) is 8.71. The van der Waals surface area contributed by atoms with Crippen molar-refractivity contribution < 1.29 is 19.0 Å². The van der Waals surface area contributed by atoms with Gasteiger partial charge >= 0.3 is 0 Å². The van der Waals surface area contributed by atoms with Crippen LogP contribution in [0.3, 0.4) is 0 Å². The second-order valence-electron chi connectivity index (χ2n) is 5.74. The molecule has 3 aromatic rings. The Hall–Kier alpha value is -3.72. The van der Waals surface area contributed by atoms with Crippen molar-refractivity contribution in [2.75, 3.05) is 26.9 Å². The van der Waals surface area contributed by atoms with Gasteiger partial charge in [-0.1, -0.05) is 24.0 Å². The van der Waals surface area contributed by atoms with Crippen molar-refractivity contribution in [2.24, 2.45) is 0 Å². The van der Waals surface area contributed by atoms with Crippen LogP contribution in [-0.4, -0.2) is 37.8 Å². The summed E-state index contributed by atoms with van der Waals surface area (Å²) in [6.45, 7) is 0.368. The number of pyridine rings is 1. The molecule has 1 amide bonds. The van der Waals surface area contributed by atoms with Crippen molar-refractivity contribution in [3.63, 3.8) is 0 Å². The van der Waals surface area contributed by atoms with Gasteiger partial charge in [-0.05, 0) is 30.3 Å². The minimum Gasteiger partial charge on any atom is -0.497 e. The topological polar surface area (TPSA) is 69.7 Å². The van der Waals surface area contributed by atoms with Gasteiger partial charge in [-0.15, -0.1) is 0 Å². The summed E-state index contributed by atoms with van der Waals surface area (Å²) in [6.07, 6.45) is 1.74. The number of ether oxygens (including phenoxy) is 3. The third kappa shape index (κ3) is 5.64. The predicted octanol–water partition coefficient (Wildman–Crippen LogP) is 2.82. The third-order valence-corrected chi connectivity index (χ3v) is 3.80. The summed E-state index contributed by atoms with van der Waals surface area (Å²) in [5.74, 6) is 7.40. The number of hydrogen-bond acceptors (Lipinski definition) is 5. The van der Waals surface area contributed by atoms with Crippen molar-refractivity contribution in [3.8, 4) is 29.1 Å².